The molecule has 10 heteroatoms. The van der Waals surface area contributed by atoms with Gasteiger partial charge >= 0.3 is 5.97 Å². The number of anilines is 1. The summed E-state index contributed by atoms with van der Waals surface area (Å²) in [4.78, 5) is 45.3. The molecule has 2 aliphatic rings. The molecule has 1 saturated carbocycles. The lowest BCUT2D eigenvalue weighted by Gasteiger charge is -2.17. The number of ether oxygens (including phenoxy) is 2. The molecular formula is C15H17N5O5. The van der Waals surface area contributed by atoms with Crippen LogP contribution >= 0.6 is 0 Å². The molecule has 132 valence electrons. The topological polar surface area (TPSA) is 128 Å². The second kappa shape index (κ2) is 5.66. The molecule has 1 saturated heterocycles. The van der Waals surface area contributed by atoms with Gasteiger partial charge in [0, 0.05) is 25.7 Å². The van der Waals surface area contributed by atoms with Crippen LogP contribution in [-0.2, 0) is 19.1 Å². The minimum Gasteiger partial charge on any atom is -0.466 e. The number of aromatic nitrogens is 4. The third-order valence-corrected chi connectivity index (χ3v) is 4.67. The van der Waals surface area contributed by atoms with Crippen LogP contribution in [0.15, 0.2) is 11.1 Å². The van der Waals surface area contributed by atoms with Crippen LogP contribution in [0.5, 0.6) is 0 Å². The number of hydrogen-bond acceptors (Lipinski definition) is 7. The normalized spacial score (nSPS) is 27.1. The second-order valence-electron chi connectivity index (χ2n) is 6.35. The van der Waals surface area contributed by atoms with Gasteiger partial charge in [0.2, 0.25) is 11.9 Å². The molecule has 4 rings (SSSR count). The van der Waals surface area contributed by atoms with Gasteiger partial charge in [-0.05, 0) is 5.92 Å². The number of aromatic amines is 1. The third-order valence-electron chi connectivity index (χ3n) is 4.67. The molecule has 0 radical (unpaired) electrons. The van der Waals surface area contributed by atoms with Crippen LogP contribution in [0.2, 0.25) is 0 Å². The van der Waals surface area contributed by atoms with Crippen LogP contribution in [0.4, 0.5) is 5.95 Å². The minimum absolute atomic E-state index is 0.0552. The molecule has 2 aromatic rings. The van der Waals surface area contributed by atoms with Crippen molar-refractivity contribution in [3.63, 3.8) is 0 Å². The summed E-state index contributed by atoms with van der Waals surface area (Å²) in [7, 11) is 0. The van der Waals surface area contributed by atoms with E-state index in [0.29, 0.717) is 19.1 Å². The number of esters is 1. The van der Waals surface area contributed by atoms with Crippen LogP contribution in [0.3, 0.4) is 0 Å². The zero-order chi connectivity index (χ0) is 17.7. The van der Waals surface area contributed by atoms with Gasteiger partial charge in [-0.2, -0.15) is 4.98 Å². The zero-order valence-corrected chi connectivity index (χ0v) is 13.7. The summed E-state index contributed by atoms with van der Waals surface area (Å²) in [6, 6.07) is 0. The van der Waals surface area contributed by atoms with Crippen molar-refractivity contribution >= 4 is 29.0 Å². The fraction of sp³-hybridized carbons (Fsp3) is 0.533. The molecule has 0 aromatic carbocycles. The highest BCUT2D eigenvalue weighted by molar-refractivity contribution is 5.87. The molecule has 2 fully saturated rings. The SMILES string of the molecule is CC(=O)Nc1nc2ncn([C@H]3OC[C@@H]4[C@H](COC(C)=O)[C@@H]43)c2c(=O)[nH]1. The Bertz CT molecular complexity index is 919. The van der Waals surface area contributed by atoms with E-state index in [0.717, 1.165) is 0 Å². The predicted octanol–water partition coefficient (Wildman–Crippen LogP) is 0.0321. The molecule has 10 nitrogen and oxygen atoms in total. The number of carbonyl (C=O) groups excluding carboxylic acids is 2. The third kappa shape index (κ3) is 2.68. The molecule has 2 N–H and O–H groups in total. The number of H-pyrrole nitrogens is 1. The standard InChI is InChI=1S/C15H17N5O5/c1-6(21)17-15-18-12-11(13(23)19-15)20(5-16-12)14-10-8(3-24-7(2)22)9(10)4-25-14/h5,8-10,14H,3-4H2,1-2H3,(H2,17,18,19,21,23)/t8-,9+,10-,14-/m0/s1. The van der Waals surface area contributed by atoms with E-state index in [9.17, 15) is 14.4 Å². The monoisotopic (exact) mass is 347 g/mol. The molecule has 25 heavy (non-hydrogen) atoms. The predicted molar refractivity (Wildman–Crippen MR) is 84.5 cm³/mol. The van der Waals surface area contributed by atoms with Crippen molar-refractivity contribution < 1.29 is 19.1 Å². The van der Waals surface area contributed by atoms with Gasteiger partial charge in [-0.3, -0.25) is 29.3 Å². The maximum absolute atomic E-state index is 12.4. The van der Waals surface area contributed by atoms with E-state index >= 15 is 0 Å². The molecule has 2 aromatic heterocycles. The minimum atomic E-state index is -0.407. The first-order chi connectivity index (χ1) is 12.0. The van der Waals surface area contributed by atoms with Gasteiger partial charge in [-0.1, -0.05) is 0 Å². The number of nitrogens with one attached hydrogen (secondary N) is 2. The van der Waals surface area contributed by atoms with Gasteiger partial charge in [-0.25, -0.2) is 4.98 Å². The Morgan fingerprint density at radius 1 is 1.48 bits per heavy atom. The largest absolute Gasteiger partial charge is 0.466 e. The number of imidazole rings is 1. The molecule has 0 bridgehead atoms. The summed E-state index contributed by atoms with van der Waals surface area (Å²) in [5, 5.41) is 2.43. The summed E-state index contributed by atoms with van der Waals surface area (Å²) in [5.41, 5.74) is 0.116. The average molecular weight is 347 g/mol. The van der Waals surface area contributed by atoms with Crippen molar-refractivity contribution in [3.05, 3.63) is 16.7 Å². The summed E-state index contributed by atoms with van der Waals surface area (Å²) in [6.07, 6.45) is 1.17. The molecular weight excluding hydrogens is 330 g/mol. The van der Waals surface area contributed by atoms with Crippen molar-refractivity contribution in [3.8, 4) is 0 Å². The first kappa shape index (κ1) is 15.8. The van der Waals surface area contributed by atoms with Crippen molar-refractivity contribution in [1.29, 1.82) is 0 Å². The maximum atomic E-state index is 12.4. The van der Waals surface area contributed by atoms with Crippen LogP contribution in [0.25, 0.3) is 11.2 Å². The fourth-order valence-corrected chi connectivity index (χ4v) is 3.54. The van der Waals surface area contributed by atoms with Gasteiger partial charge in [0.05, 0.1) is 19.5 Å². The Labute approximate surface area is 141 Å². The van der Waals surface area contributed by atoms with Gasteiger partial charge in [0.1, 0.15) is 6.23 Å². The van der Waals surface area contributed by atoms with Gasteiger partial charge in [0.15, 0.2) is 11.2 Å². The molecule has 1 amide bonds. The molecule has 0 spiro atoms. The van der Waals surface area contributed by atoms with E-state index in [2.05, 4.69) is 20.3 Å². The lowest BCUT2D eigenvalue weighted by atomic mass is 10.3. The van der Waals surface area contributed by atoms with Crippen molar-refractivity contribution in [2.24, 2.45) is 17.8 Å². The van der Waals surface area contributed by atoms with Crippen molar-refractivity contribution in [1.82, 2.24) is 19.5 Å². The highest BCUT2D eigenvalue weighted by Gasteiger charge is 2.60. The molecule has 3 heterocycles. The highest BCUT2D eigenvalue weighted by Crippen LogP contribution is 2.58. The maximum Gasteiger partial charge on any atom is 0.302 e. The first-order valence-electron chi connectivity index (χ1n) is 7.95. The lowest BCUT2D eigenvalue weighted by molar-refractivity contribution is -0.142. The van der Waals surface area contributed by atoms with Crippen LogP contribution in [0, 0.1) is 17.8 Å². The van der Waals surface area contributed by atoms with E-state index < -0.39 is 5.56 Å². The van der Waals surface area contributed by atoms with Gasteiger partial charge in [0.25, 0.3) is 5.56 Å². The smallest absolute Gasteiger partial charge is 0.302 e. The van der Waals surface area contributed by atoms with E-state index in [1.54, 1.807) is 4.57 Å². The van der Waals surface area contributed by atoms with Crippen LogP contribution in [0.1, 0.15) is 20.1 Å². The Morgan fingerprint density at radius 3 is 3.00 bits per heavy atom. The Morgan fingerprint density at radius 2 is 2.28 bits per heavy atom. The fourth-order valence-electron chi connectivity index (χ4n) is 3.54. The van der Waals surface area contributed by atoms with E-state index in [1.807, 2.05) is 0 Å². The number of nitrogens with zero attached hydrogens (tertiary/aromatic N) is 3. The van der Waals surface area contributed by atoms with Gasteiger partial charge in [-0.15, -0.1) is 0 Å². The summed E-state index contributed by atoms with van der Waals surface area (Å²) < 4.78 is 12.5. The number of rotatable bonds is 4. The highest BCUT2D eigenvalue weighted by atomic mass is 16.5. The number of fused-ring (bicyclic) bond motifs is 2. The Kier molecular flexibility index (Phi) is 3.57. The van der Waals surface area contributed by atoms with Gasteiger partial charge < -0.3 is 9.47 Å². The lowest BCUT2D eigenvalue weighted by Crippen LogP contribution is -2.21. The summed E-state index contributed by atoms with van der Waals surface area (Å²) in [6.45, 7) is 3.62. The number of hydrogen-bond donors (Lipinski definition) is 2. The van der Waals surface area contributed by atoms with Crippen molar-refractivity contribution in [2.75, 3.05) is 18.5 Å². The zero-order valence-electron chi connectivity index (χ0n) is 13.7. The number of carbonyl (C=O) groups is 2. The van der Waals surface area contributed by atoms with E-state index in [-0.39, 0.29) is 47.1 Å². The molecule has 1 aliphatic carbocycles. The quantitative estimate of drug-likeness (QED) is 0.747. The molecule has 1 aliphatic heterocycles. The average Bonchev–Trinajstić information content (AvgIpc) is 2.87. The van der Waals surface area contributed by atoms with E-state index in [1.165, 1.54) is 20.2 Å². The van der Waals surface area contributed by atoms with Crippen molar-refractivity contribution in [2.45, 2.75) is 20.1 Å². The van der Waals surface area contributed by atoms with Crippen LogP contribution in [-0.4, -0.2) is 44.6 Å². The molecule has 4 atom stereocenters. The van der Waals surface area contributed by atoms with Crippen LogP contribution < -0.4 is 10.9 Å². The summed E-state index contributed by atoms with van der Waals surface area (Å²) in [5.74, 6) is 0.126. The Hall–Kier alpha value is -2.75. The number of amides is 1. The van der Waals surface area contributed by atoms with E-state index in [4.69, 9.17) is 9.47 Å². The molecule has 0 unspecified atom stereocenters. The Balaban J connectivity index is 1.61. The first-order valence-corrected chi connectivity index (χ1v) is 7.95. The summed E-state index contributed by atoms with van der Waals surface area (Å²) >= 11 is 0. The second-order valence-corrected chi connectivity index (χ2v) is 6.35.